The van der Waals surface area contributed by atoms with Gasteiger partial charge >= 0.3 is 0 Å². The van der Waals surface area contributed by atoms with Gasteiger partial charge in [0.1, 0.15) is 5.82 Å². The molecule has 0 saturated carbocycles. The molecule has 0 aliphatic rings. The van der Waals surface area contributed by atoms with Gasteiger partial charge < -0.3 is 5.73 Å². The molecule has 20 heavy (non-hydrogen) atoms. The van der Waals surface area contributed by atoms with Gasteiger partial charge in [-0.25, -0.2) is 4.39 Å². The molecule has 0 unspecified atom stereocenters. The summed E-state index contributed by atoms with van der Waals surface area (Å²) < 4.78 is 13.2. The molecule has 0 saturated heterocycles. The van der Waals surface area contributed by atoms with Crippen LogP contribution in [0.1, 0.15) is 31.9 Å². The van der Waals surface area contributed by atoms with Crippen LogP contribution in [0.15, 0.2) is 47.4 Å². The average molecular weight is 289 g/mol. The van der Waals surface area contributed by atoms with Crippen molar-refractivity contribution in [3.8, 4) is 0 Å². The third kappa shape index (κ3) is 3.76. The predicted molar refractivity (Wildman–Crippen MR) is 85.5 cm³/mol. The molecule has 3 heteroatoms. The standard InChI is InChI=1S/C17H20FNS/c1-17(2,3)13-4-7-15(8-5-13)20-11-12-10-14(18)6-9-16(12)19/h4-10H,11,19H2,1-3H3. The Kier molecular flexibility index (Phi) is 4.39. The number of anilines is 1. The van der Waals surface area contributed by atoms with Crippen LogP contribution in [0.25, 0.3) is 0 Å². The fourth-order valence-electron chi connectivity index (χ4n) is 1.91. The summed E-state index contributed by atoms with van der Waals surface area (Å²) in [6, 6.07) is 13.0. The van der Waals surface area contributed by atoms with Crippen LogP contribution in [-0.2, 0) is 11.2 Å². The van der Waals surface area contributed by atoms with Gasteiger partial charge in [-0.3, -0.25) is 0 Å². The molecule has 106 valence electrons. The van der Waals surface area contributed by atoms with E-state index in [1.807, 2.05) is 0 Å². The molecule has 0 atom stereocenters. The summed E-state index contributed by atoms with van der Waals surface area (Å²) in [6.07, 6.45) is 0. The number of halogens is 1. The van der Waals surface area contributed by atoms with E-state index in [9.17, 15) is 4.39 Å². The molecule has 0 aliphatic carbocycles. The van der Waals surface area contributed by atoms with E-state index >= 15 is 0 Å². The lowest BCUT2D eigenvalue weighted by molar-refractivity contribution is 0.590. The average Bonchev–Trinajstić information content (AvgIpc) is 2.39. The van der Waals surface area contributed by atoms with Gasteiger partial charge in [0.15, 0.2) is 0 Å². The van der Waals surface area contributed by atoms with E-state index in [1.54, 1.807) is 17.8 Å². The van der Waals surface area contributed by atoms with Gasteiger partial charge in [0.05, 0.1) is 0 Å². The Labute approximate surface area is 124 Å². The highest BCUT2D eigenvalue weighted by Crippen LogP contribution is 2.29. The lowest BCUT2D eigenvalue weighted by Gasteiger charge is -2.19. The molecule has 1 nitrogen and oxygen atoms in total. The van der Waals surface area contributed by atoms with Crippen molar-refractivity contribution < 1.29 is 4.39 Å². The van der Waals surface area contributed by atoms with Crippen LogP contribution >= 0.6 is 11.8 Å². The minimum absolute atomic E-state index is 0.163. The van der Waals surface area contributed by atoms with Gasteiger partial charge in [-0.15, -0.1) is 11.8 Å². The predicted octanol–water partition coefficient (Wildman–Crippen LogP) is 5.00. The van der Waals surface area contributed by atoms with E-state index < -0.39 is 0 Å². The monoisotopic (exact) mass is 289 g/mol. The zero-order valence-corrected chi connectivity index (χ0v) is 12.9. The van der Waals surface area contributed by atoms with Gasteiger partial charge in [0.25, 0.3) is 0 Å². The Hall–Kier alpha value is -1.48. The van der Waals surface area contributed by atoms with Crippen molar-refractivity contribution in [2.45, 2.75) is 36.8 Å². The van der Waals surface area contributed by atoms with Crippen molar-refractivity contribution in [2.75, 3.05) is 5.73 Å². The van der Waals surface area contributed by atoms with Crippen LogP contribution in [-0.4, -0.2) is 0 Å². The van der Waals surface area contributed by atoms with E-state index in [4.69, 9.17) is 5.73 Å². The third-order valence-electron chi connectivity index (χ3n) is 3.22. The van der Waals surface area contributed by atoms with Crippen molar-refractivity contribution in [2.24, 2.45) is 0 Å². The highest BCUT2D eigenvalue weighted by molar-refractivity contribution is 7.98. The molecule has 0 aliphatic heterocycles. The van der Waals surface area contributed by atoms with Crippen molar-refractivity contribution >= 4 is 17.4 Å². The fourth-order valence-corrected chi connectivity index (χ4v) is 2.81. The number of nitrogens with two attached hydrogens (primary N) is 1. The Bertz CT molecular complexity index is 585. The first-order valence-corrected chi connectivity index (χ1v) is 7.62. The Morgan fingerprint density at radius 3 is 2.30 bits per heavy atom. The van der Waals surface area contributed by atoms with Crippen LogP contribution in [0.2, 0.25) is 0 Å². The third-order valence-corrected chi connectivity index (χ3v) is 4.28. The molecule has 0 aromatic heterocycles. The molecule has 0 heterocycles. The molecule has 2 aromatic carbocycles. The van der Waals surface area contributed by atoms with E-state index in [1.165, 1.54) is 22.6 Å². The number of hydrogen-bond acceptors (Lipinski definition) is 2. The van der Waals surface area contributed by atoms with Crippen molar-refractivity contribution in [1.82, 2.24) is 0 Å². The van der Waals surface area contributed by atoms with Gasteiger partial charge in [0.2, 0.25) is 0 Å². The maximum Gasteiger partial charge on any atom is 0.123 e. The summed E-state index contributed by atoms with van der Waals surface area (Å²) in [4.78, 5) is 1.17. The van der Waals surface area contributed by atoms with Crippen molar-refractivity contribution in [1.29, 1.82) is 0 Å². The number of nitrogen functional groups attached to an aromatic ring is 1. The summed E-state index contributed by atoms with van der Waals surface area (Å²) in [5, 5.41) is 0. The maximum atomic E-state index is 13.2. The highest BCUT2D eigenvalue weighted by Gasteiger charge is 2.12. The molecule has 2 rings (SSSR count). The van der Waals surface area contributed by atoms with E-state index in [2.05, 4.69) is 45.0 Å². The first kappa shape index (κ1) is 14.9. The van der Waals surface area contributed by atoms with E-state index in [0.29, 0.717) is 11.4 Å². The quantitative estimate of drug-likeness (QED) is 0.636. The maximum absolute atomic E-state index is 13.2. The topological polar surface area (TPSA) is 26.0 Å². The minimum atomic E-state index is -0.238. The fraction of sp³-hybridized carbons (Fsp3) is 0.294. The number of thioether (sulfide) groups is 1. The van der Waals surface area contributed by atoms with Crippen LogP contribution in [0.3, 0.4) is 0 Å². The first-order chi connectivity index (χ1) is 9.36. The van der Waals surface area contributed by atoms with Crippen LogP contribution in [0.4, 0.5) is 10.1 Å². The summed E-state index contributed by atoms with van der Waals surface area (Å²) in [6.45, 7) is 6.59. The highest BCUT2D eigenvalue weighted by atomic mass is 32.2. The summed E-state index contributed by atoms with van der Waals surface area (Å²) >= 11 is 1.67. The molecular weight excluding hydrogens is 269 g/mol. The Balaban J connectivity index is 2.06. The summed E-state index contributed by atoms with van der Waals surface area (Å²) in [7, 11) is 0. The van der Waals surface area contributed by atoms with Crippen molar-refractivity contribution in [3.05, 3.63) is 59.4 Å². The van der Waals surface area contributed by atoms with Gasteiger partial charge in [-0.05, 0) is 46.9 Å². The largest absolute Gasteiger partial charge is 0.398 e. The second kappa shape index (κ2) is 5.88. The first-order valence-electron chi connectivity index (χ1n) is 6.63. The lowest BCUT2D eigenvalue weighted by Crippen LogP contribution is -2.10. The second-order valence-corrected chi connectivity index (χ2v) is 6.95. The Morgan fingerprint density at radius 2 is 1.70 bits per heavy atom. The van der Waals surface area contributed by atoms with E-state index in [0.717, 1.165) is 5.56 Å². The molecule has 0 amide bonds. The molecule has 0 fully saturated rings. The van der Waals surface area contributed by atoms with Crippen LogP contribution in [0.5, 0.6) is 0 Å². The zero-order valence-electron chi connectivity index (χ0n) is 12.1. The molecular formula is C17H20FNS. The summed E-state index contributed by atoms with van der Waals surface area (Å²) in [5.74, 6) is 0.441. The number of benzene rings is 2. The van der Waals surface area contributed by atoms with Crippen LogP contribution < -0.4 is 5.73 Å². The minimum Gasteiger partial charge on any atom is -0.398 e. The normalized spacial score (nSPS) is 11.6. The molecule has 0 spiro atoms. The molecule has 0 radical (unpaired) electrons. The lowest BCUT2D eigenvalue weighted by atomic mass is 9.87. The molecule has 2 aromatic rings. The SMILES string of the molecule is CC(C)(C)c1ccc(SCc2cc(F)ccc2N)cc1. The van der Waals surface area contributed by atoms with Gasteiger partial charge in [0, 0.05) is 16.3 Å². The number of hydrogen-bond donors (Lipinski definition) is 1. The summed E-state index contributed by atoms with van der Waals surface area (Å²) in [5.41, 5.74) is 8.82. The molecule has 2 N–H and O–H groups in total. The van der Waals surface area contributed by atoms with Gasteiger partial charge in [-0.1, -0.05) is 32.9 Å². The van der Waals surface area contributed by atoms with Gasteiger partial charge in [-0.2, -0.15) is 0 Å². The van der Waals surface area contributed by atoms with Crippen LogP contribution in [0, 0.1) is 5.82 Å². The Morgan fingerprint density at radius 1 is 1.05 bits per heavy atom. The smallest absolute Gasteiger partial charge is 0.123 e. The van der Waals surface area contributed by atoms with E-state index in [-0.39, 0.29) is 11.2 Å². The molecule has 0 bridgehead atoms. The number of rotatable bonds is 3. The zero-order chi connectivity index (χ0) is 14.8. The second-order valence-electron chi connectivity index (χ2n) is 5.91. The van der Waals surface area contributed by atoms with Crippen molar-refractivity contribution in [3.63, 3.8) is 0 Å².